The van der Waals surface area contributed by atoms with Crippen LogP contribution < -0.4 is 0 Å². The molecular weight excluding hydrogens is 267 g/mol. The van der Waals surface area contributed by atoms with E-state index in [1.807, 2.05) is 19.9 Å². The van der Waals surface area contributed by atoms with E-state index in [1.165, 1.54) is 11.6 Å². The average Bonchev–Trinajstić information content (AvgIpc) is 2.78. The molecule has 1 aliphatic rings. The van der Waals surface area contributed by atoms with Crippen LogP contribution in [0.25, 0.3) is 0 Å². The van der Waals surface area contributed by atoms with Crippen LogP contribution in [-0.4, -0.2) is 12.1 Å². The van der Waals surface area contributed by atoms with Gasteiger partial charge in [0.1, 0.15) is 11.9 Å². The van der Waals surface area contributed by atoms with Gasteiger partial charge in [-0.2, -0.15) is 0 Å². The SMILES string of the molecule is CC(C)=CC[C@@H]1CC([C@@H](C)Cc2cccc(F)c2)OC1=O. The summed E-state index contributed by atoms with van der Waals surface area (Å²) in [6.45, 7) is 6.13. The van der Waals surface area contributed by atoms with E-state index in [2.05, 4.69) is 13.0 Å². The maximum Gasteiger partial charge on any atom is 0.309 e. The van der Waals surface area contributed by atoms with Gasteiger partial charge in [0.05, 0.1) is 5.92 Å². The molecule has 1 heterocycles. The molecule has 2 nitrogen and oxygen atoms in total. The first-order chi connectivity index (χ1) is 9.95. The van der Waals surface area contributed by atoms with Crippen LogP contribution in [-0.2, 0) is 16.0 Å². The van der Waals surface area contributed by atoms with E-state index in [-0.39, 0.29) is 29.7 Å². The molecule has 21 heavy (non-hydrogen) atoms. The van der Waals surface area contributed by atoms with Gasteiger partial charge in [-0.15, -0.1) is 0 Å². The summed E-state index contributed by atoms with van der Waals surface area (Å²) in [6, 6.07) is 6.62. The summed E-state index contributed by atoms with van der Waals surface area (Å²) in [5, 5.41) is 0. The minimum Gasteiger partial charge on any atom is -0.462 e. The third-order valence-corrected chi connectivity index (χ3v) is 4.01. The Morgan fingerprint density at radius 1 is 1.48 bits per heavy atom. The van der Waals surface area contributed by atoms with Crippen molar-refractivity contribution in [2.75, 3.05) is 0 Å². The Hall–Kier alpha value is -1.64. The molecule has 1 aromatic carbocycles. The van der Waals surface area contributed by atoms with E-state index in [1.54, 1.807) is 12.1 Å². The molecule has 0 spiro atoms. The molecule has 0 N–H and O–H groups in total. The van der Waals surface area contributed by atoms with Crippen LogP contribution in [0.5, 0.6) is 0 Å². The number of carbonyl (C=O) groups excluding carboxylic acids is 1. The van der Waals surface area contributed by atoms with E-state index < -0.39 is 0 Å². The smallest absolute Gasteiger partial charge is 0.309 e. The van der Waals surface area contributed by atoms with Crippen molar-refractivity contribution in [3.8, 4) is 0 Å². The molecule has 1 aliphatic heterocycles. The lowest BCUT2D eigenvalue weighted by Gasteiger charge is -2.18. The lowest BCUT2D eigenvalue weighted by Crippen LogP contribution is -2.19. The first-order valence-corrected chi connectivity index (χ1v) is 7.54. The second kappa shape index (κ2) is 6.88. The van der Waals surface area contributed by atoms with Gasteiger partial charge in [0.15, 0.2) is 0 Å². The zero-order valence-electron chi connectivity index (χ0n) is 12.9. The van der Waals surface area contributed by atoms with Gasteiger partial charge in [0.2, 0.25) is 0 Å². The van der Waals surface area contributed by atoms with Crippen molar-refractivity contribution in [2.24, 2.45) is 11.8 Å². The summed E-state index contributed by atoms with van der Waals surface area (Å²) in [4.78, 5) is 11.9. The van der Waals surface area contributed by atoms with E-state index in [0.717, 1.165) is 24.8 Å². The molecule has 1 unspecified atom stereocenters. The third kappa shape index (κ3) is 4.42. The van der Waals surface area contributed by atoms with Gasteiger partial charge in [-0.05, 0) is 56.7 Å². The van der Waals surface area contributed by atoms with Crippen molar-refractivity contribution in [1.82, 2.24) is 0 Å². The highest BCUT2D eigenvalue weighted by molar-refractivity contribution is 5.74. The quantitative estimate of drug-likeness (QED) is 0.597. The van der Waals surface area contributed by atoms with Gasteiger partial charge in [-0.1, -0.05) is 30.7 Å². The highest BCUT2D eigenvalue weighted by Crippen LogP contribution is 2.30. The molecule has 1 fully saturated rings. The standard InChI is InChI=1S/C18H23FO2/c1-12(2)7-8-15-11-17(21-18(15)20)13(3)9-14-5-4-6-16(19)10-14/h4-7,10,13,15,17H,8-9,11H2,1-3H3/t13-,15+,17?/m0/s1. The van der Waals surface area contributed by atoms with E-state index >= 15 is 0 Å². The highest BCUT2D eigenvalue weighted by Gasteiger charge is 2.36. The fourth-order valence-corrected chi connectivity index (χ4v) is 2.76. The normalized spacial score (nSPS) is 22.8. The Morgan fingerprint density at radius 2 is 2.24 bits per heavy atom. The van der Waals surface area contributed by atoms with E-state index in [4.69, 9.17) is 4.74 Å². The Balaban J connectivity index is 1.93. The van der Waals surface area contributed by atoms with Gasteiger partial charge in [0, 0.05) is 0 Å². The fraction of sp³-hybridized carbons (Fsp3) is 0.500. The van der Waals surface area contributed by atoms with E-state index in [9.17, 15) is 9.18 Å². The number of benzene rings is 1. The Bertz CT molecular complexity index is 532. The predicted octanol–water partition coefficient (Wildman–Crippen LogP) is 4.29. The maximum absolute atomic E-state index is 13.2. The molecule has 0 bridgehead atoms. The minimum atomic E-state index is -0.218. The van der Waals surface area contributed by atoms with Crippen molar-refractivity contribution >= 4 is 5.97 Å². The van der Waals surface area contributed by atoms with Crippen LogP contribution in [0, 0.1) is 17.7 Å². The largest absolute Gasteiger partial charge is 0.462 e. The molecule has 1 saturated heterocycles. The molecule has 0 aromatic heterocycles. The summed E-state index contributed by atoms with van der Waals surface area (Å²) in [6.07, 6.45) is 4.27. The number of halogens is 1. The number of ether oxygens (including phenoxy) is 1. The molecule has 114 valence electrons. The van der Waals surface area contributed by atoms with Crippen LogP contribution in [0.2, 0.25) is 0 Å². The Kier molecular flexibility index (Phi) is 5.16. The lowest BCUT2D eigenvalue weighted by molar-refractivity contribution is -0.145. The van der Waals surface area contributed by atoms with Gasteiger partial charge in [-0.25, -0.2) is 4.39 Å². The van der Waals surface area contributed by atoms with Crippen LogP contribution in [0.1, 0.15) is 39.2 Å². The van der Waals surface area contributed by atoms with E-state index in [0.29, 0.717) is 0 Å². The van der Waals surface area contributed by atoms with Crippen molar-refractivity contribution in [1.29, 1.82) is 0 Å². The minimum absolute atomic E-state index is 0.0279. The van der Waals surface area contributed by atoms with Crippen molar-refractivity contribution < 1.29 is 13.9 Å². The second-order valence-corrected chi connectivity index (χ2v) is 6.24. The summed E-state index contributed by atoms with van der Waals surface area (Å²) in [7, 11) is 0. The van der Waals surface area contributed by atoms with Gasteiger partial charge in [0.25, 0.3) is 0 Å². The van der Waals surface area contributed by atoms with Gasteiger partial charge in [-0.3, -0.25) is 4.79 Å². The second-order valence-electron chi connectivity index (χ2n) is 6.24. The van der Waals surface area contributed by atoms with Crippen molar-refractivity contribution in [3.05, 3.63) is 47.3 Å². The van der Waals surface area contributed by atoms with Crippen molar-refractivity contribution in [3.63, 3.8) is 0 Å². The molecule has 0 radical (unpaired) electrons. The van der Waals surface area contributed by atoms with Crippen LogP contribution in [0.4, 0.5) is 4.39 Å². The first-order valence-electron chi connectivity index (χ1n) is 7.54. The summed E-state index contributed by atoms with van der Waals surface area (Å²) in [5.41, 5.74) is 2.17. The zero-order chi connectivity index (χ0) is 15.4. The molecule has 2 rings (SSSR count). The van der Waals surface area contributed by atoms with Crippen LogP contribution in [0.3, 0.4) is 0 Å². The number of hydrogen-bond donors (Lipinski definition) is 0. The molecular formula is C18H23FO2. The average molecular weight is 290 g/mol. The number of esters is 1. The molecule has 0 aliphatic carbocycles. The highest BCUT2D eigenvalue weighted by atomic mass is 19.1. The number of cyclic esters (lactones) is 1. The number of hydrogen-bond acceptors (Lipinski definition) is 2. The Morgan fingerprint density at radius 3 is 2.90 bits per heavy atom. The number of rotatable bonds is 5. The van der Waals surface area contributed by atoms with Crippen LogP contribution in [0.15, 0.2) is 35.9 Å². The number of allylic oxidation sites excluding steroid dienone is 2. The first kappa shape index (κ1) is 15.7. The fourth-order valence-electron chi connectivity index (χ4n) is 2.76. The third-order valence-electron chi connectivity index (χ3n) is 4.01. The van der Waals surface area contributed by atoms with Gasteiger partial charge < -0.3 is 4.74 Å². The molecule has 0 saturated carbocycles. The monoisotopic (exact) mass is 290 g/mol. The molecule has 3 heteroatoms. The van der Waals surface area contributed by atoms with Crippen LogP contribution >= 0.6 is 0 Å². The molecule has 3 atom stereocenters. The number of carbonyl (C=O) groups is 1. The Labute approximate surface area is 126 Å². The lowest BCUT2D eigenvalue weighted by atomic mass is 9.90. The van der Waals surface area contributed by atoms with Crippen molar-refractivity contribution in [2.45, 2.75) is 46.1 Å². The topological polar surface area (TPSA) is 26.3 Å². The summed E-state index contributed by atoms with van der Waals surface area (Å²) < 4.78 is 18.7. The summed E-state index contributed by atoms with van der Waals surface area (Å²) >= 11 is 0. The molecule has 0 amide bonds. The van der Waals surface area contributed by atoms with Gasteiger partial charge >= 0.3 is 5.97 Å². The predicted molar refractivity (Wildman–Crippen MR) is 81.3 cm³/mol. The summed E-state index contributed by atoms with van der Waals surface area (Å²) in [5.74, 6) is -0.138. The zero-order valence-corrected chi connectivity index (χ0v) is 12.9. The maximum atomic E-state index is 13.2. The molecule has 1 aromatic rings.